The molecule has 0 aromatic heterocycles. The summed E-state index contributed by atoms with van der Waals surface area (Å²) in [7, 11) is 0. The topological polar surface area (TPSA) is 34.1 Å². The van der Waals surface area contributed by atoms with E-state index in [0.29, 0.717) is 5.57 Å². The van der Waals surface area contributed by atoms with Crippen molar-refractivity contribution in [3.63, 3.8) is 0 Å². The average Bonchev–Trinajstić information content (AvgIpc) is 2.65. The summed E-state index contributed by atoms with van der Waals surface area (Å²) in [5, 5.41) is 0.764. The molecule has 2 aromatic carbocycles. The third-order valence-corrected chi connectivity index (χ3v) is 4.31. The lowest BCUT2D eigenvalue weighted by molar-refractivity contribution is -0.114. The lowest BCUT2D eigenvalue weighted by Crippen LogP contribution is -2.05. The summed E-state index contributed by atoms with van der Waals surface area (Å²) in [5.74, 6) is -0.271. The molecule has 0 spiro atoms. The number of hydrogen-bond acceptors (Lipinski definition) is 2. The molecule has 0 saturated carbocycles. The summed E-state index contributed by atoms with van der Waals surface area (Å²) >= 11 is 5.63. The lowest BCUT2D eigenvalue weighted by Gasteiger charge is -2.05. The molecule has 2 aromatic rings. The van der Waals surface area contributed by atoms with Crippen molar-refractivity contribution >= 4 is 35.3 Å². The second-order valence-corrected chi connectivity index (χ2v) is 6.53. The molecule has 1 aliphatic carbocycles. The highest BCUT2D eigenvalue weighted by Crippen LogP contribution is 2.17. The number of aryl methyl sites for hydroxylation is 2. The smallest absolute Gasteiger partial charge is 0.186 e. The first-order chi connectivity index (χ1) is 12.9. The standard InChI is InChI=1S/C16H14O2.C8H7Cl/c1-11-4-3-5-12(2)15(11)8-6-13-10-14(17)7-9-16(13)18;1-2-7-3-5-8(9)6-4-7/h3-10H,1-2H3;2-6H,1H2. The Balaban J connectivity index is 0.000000244. The van der Waals surface area contributed by atoms with Crippen LogP contribution in [-0.4, -0.2) is 11.6 Å². The first-order valence-electron chi connectivity index (χ1n) is 8.51. The van der Waals surface area contributed by atoms with Crippen molar-refractivity contribution in [3.8, 4) is 0 Å². The van der Waals surface area contributed by atoms with Crippen molar-refractivity contribution < 1.29 is 9.59 Å². The average molecular weight is 377 g/mol. The van der Waals surface area contributed by atoms with Crippen LogP contribution in [0.25, 0.3) is 12.2 Å². The zero-order valence-electron chi connectivity index (χ0n) is 15.4. The van der Waals surface area contributed by atoms with Gasteiger partial charge < -0.3 is 0 Å². The van der Waals surface area contributed by atoms with Crippen LogP contribution in [0.5, 0.6) is 0 Å². The Kier molecular flexibility index (Phi) is 7.27. The summed E-state index contributed by atoms with van der Waals surface area (Å²) in [6, 6.07) is 13.6. The van der Waals surface area contributed by atoms with Gasteiger partial charge in [-0.25, -0.2) is 0 Å². The molecule has 0 aliphatic heterocycles. The van der Waals surface area contributed by atoms with Gasteiger partial charge in [0.25, 0.3) is 0 Å². The van der Waals surface area contributed by atoms with E-state index in [2.05, 4.69) is 6.58 Å². The predicted octanol–water partition coefficient (Wildman–Crippen LogP) is 5.93. The normalized spacial score (nSPS) is 13.2. The maximum Gasteiger partial charge on any atom is 0.186 e. The van der Waals surface area contributed by atoms with Crippen molar-refractivity contribution in [3.05, 3.63) is 106 Å². The molecule has 0 unspecified atom stereocenters. The van der Waals surface area contributed by atoms with Gasteiger partial charge in [0.1, 0.15) is 0 Å². The van der Waals surface area contributed by atoms with Crippen LogP contribution in [0, 0.1) is 13.8 Å². The largest absolute Gasteiger partial charge is 0.290 e. The fraction of sp³-hybridized carbons (Fsp3) is 0.0833. The Bertz CT molecular complexity index is 925. The Morgan fingerprint density at radius 3 is 2.11 bits per heavy atom. The molecule has 0 bridgehead atoms. The van der Waals surface area contributed by atoms with Crippen LogP contribution in [0.3, 0.4) is 0 Å². The number of allylic oxidation sites excluding steroid dienone is 5. The highest BCUT2D eigenvalue weighted by molar-refractivity contribution is 6.30. The van der Waals surface area contributed by atoms with Crippen LogP contribution in [0.15, 0.2) is 78.9 Å². The summed E-state index contributed by atoms with van der Waals surface area (Å²) < 4.78 is 0. The van der Waals surface area contributed by atoms with E-state index < -0.39 is 0 Å². The predicted molar refractivity (Wildman–Crippen MR) is 114 cm³/mol. The van der Waals surface area contributed by atoms with Crippen molar-refractivity contribution in [1.29, 1.82) is 0 Å². The number of ketones is 2. The quantitative estimate of drug-likeness (QED) is 0.622. The van der Waals surface area contributed by atoms with Crippen LogP contribution in [0.1, 0.15) is 22.3 Å². The molecule has 27 heavy (non-hydrogen) atoms. The van der Waals surface area contributed by atoms with E-state index in [1.165, 1.54) is 18.2 Å². The molecule has 3 heteroatoms. The number of carbonyl (C=O) groups excluding carboxylic acids is 2. The molecule has 3 rings (SSSR count). The van der Waals surface area contributed by atoms with Gasteiger partial charge in [-0.2, -0.15) is 0 Å². The third kappa shape index (κ3) is 6.05. The second-order valence-electron chi connectivity index (χ2n) is 6.09. The number of halogens is 1. The molecule has 136 valence electrons. The number of rotatable bonds is 3. The number of hydrogen-bond donors (Lipinski definition) is 0. The van der Waals surface area contributed by atoms with Gasteiger partial charge in [-0.1, -0.05) is 66.7 Å². The molecule has 0 radical (unpaired) electrons. The van der Waals surface area contributed by atoms with E-state index in [1.807, 2.05) is 62.4 Å². The van der Waals surface area contributed by atoms with Crippen LogP contribution in [0.2, 0.25) is 5.02 Å². The van der Waals surface area contributed by atoms with E-state index in [9.17, 15) is 9.59 Å². The van der Waals surface area contributed by atoms with Crippen molar-refractivity contribution in [2.24, 2.45) is 0 Å². The summed E-state index contributed by atoms with van der Waals surface area (Å²) in [6.07, 6.45) is 9.36. The summed E-state index contributed by atoms with van der Waals surface area (Å²) in [5.41, 5.74) is 4.92. The molecular weight excluding hydrogens is 356 g/mol. The van der Waals surface area contributed by atoms with Gasteiger partial charge in [0.05, 0.1) is 0 Å². The molecule has 0 atom stereocenters. The van der Waals surface area contributed by atoms with Gasteiger partial charge in [0, 0.05) is 10.6 Å². The zero-order chi connectivity index (χ0) is 19.8. The van der Waals surface area contributed by atoms with Gasteiger partial charge in [-0.3, -0.25) is 9.59 Å². The van der Waals surface area contributed by atoms with Crippen molar-refractivity contribution in [2.45, 2.75) is 13.8 Å². The molecule has 0 amide bonds. The Hall–Kier alpha value is -2.97. The monoisotopic (exact) mass is 376 g/mol. The zero-order valence-corrected chi connectivity index (χ0v) is 16.2. The third-order valence-electron chi connectivity index (χ3n) is 4.06. The number of carbonyl (C=O) groups is 2. The van der Waals surface area contributed by atoms with E-state index in [1.54, 1.807) is 12.2 Å². The SMILES string of the molecule is C=Cc1ccc(Cl)cc1.Cc1cccc(C)c1C=CC1=CC(=O)C=CC1=O. The molecule has 1 aliphatic rings. The van der Waals surface area contributed by atoms with Crippen LogP contribution in [-0.2, 0) is 9.59 Å². The molecule has 0 saturated heterocycles. The summed E-state index contributed by atoms with van der Waals surface area (Å²) in [6.45, 7) is 7.66. The van der Waals surface area contributed by atoms with Crippen LogP contribution in [0.4, 0.5) is 0 Å². The highest BCUT2D eigenvalue weighted by atomic mass is 35.5. The molecule has 0 fully saturated rings. The lowest BCUT2D eigenvalue weighted by atomic mass is 9.99. The van der Waals surface area contributed by atoms with E-state index in [-0.39, 0.29) is 11.6 Å². The van der Waals surface area contributed by atoms with Gasteiger partial charge in [-0.05, 0) is 66.5 Å². The van der Waals surface area contributed by atoms with Gasteiger partial charge in [0.15, 0.2) is 11.6 Å². The first-order valence-corrected chi connectivity index (χ1v) is 8.89. The highest BCUT2D eigenvalue weighted by Gasteiger charge is 2.10. The minimum Gasteiger partial charge on any atom is -0.290 e. The van der Waals surface area contributed by atoms with Crippen molar-refractivity contribution in [2.75, 3.05) is 0 Å². The van der Waals surface area contributed by atoms with Crippen molar-refractivity contribution in [1.82, 2.24) is 0 Å². The van der Waals surface area contributed by atoms with E-state index in [0.717, 1.165) is 27.3 Å². The fourth-order valence-corrected chi connectivity index (χ4v) is 2.65. The van der Waals surface area contributed by atoms with Gasteiger partial charge in [-0.15, -0.1) is 0 Å². The minimum atomic E-state index is -0.143. The molecule has 0 heterocycles. The fourth-order valence-electron chi connectivity index (χ4n) is 2.52. The van der Waals surface area contributed by atoms with Gasteiger partial charge >= 0.3 is 0 Å². The maximum atomic E-state index is 11.6. The molecule has 0 N–H and O–H groups in total. The summed E-state index contributed by atoms with van der Waals surface area (Å²) in [4.78, 5) is 22.8. The maximum absolute atomic E-state index is 11.6. The van der Waals surface area contributed by atoms with E-state index in [4.69, 9.17) is 11.6 Å². The van der Waals surface area contributed by atoms with Gasteiger partial charge in [0.2, 0.25) is 0 Å². The molecular formula is C24H21ClO2. The van der Waals surface area contributed by atoms with Crippen LogP contribution < -0.4 is 0 Å². The Labute approximate surface area is 165 Å². The van der Waals surface area contributed by atoms with E-state index >= 15 is 0 Å². The number of benzene rings is 2. The van der Waals surface area contributed by atoms with Crippen LogP contribution >= 0.6 is 11.6 Å². The minimum absolute atomic E-state index is 0.128. The Morgan fingerprint density at radius 1 is 0.889 bits per heavy atom. The Morgan fingerprint density at radius 2 is 1.52 bits per heavy atom. The molecule has 2 nitrogen and oxygen atoms in total. The second kappa shape index (κ2) is 9.65. The first kappa shape index (κ1) is 20.3.